The molecule has 0 saturated heterocycles. The van der Waals surface area contributed by atoms with Crippen molar-refractivity contribution in [2.75, 3.05) is 11.9 Å². The number of oxazole rings is 1. The minimum absolute atomic E-state index is 0.202. The van der Waals surface area contributed by atoms with Crippen LogP contribution in [-0.2, 0) is 0 Å². The van der Waals surface area contributed by atoms with E-state index in [1.165, 1.54) is 0 Å². The van der Waals surface area contributed by atoms with Crippen LogP contribution in [0.1, 0.15) is 28.4 Å². The van der Waals surface area contributed by atoms with Gasteiger partial charge in [0.25, 0.3) is 5.91 Å². The highest BCUT2D eigenvalue weighted by Gasteiger charge is 2.14. The molecule has 0 spiro atoms. The lowest BCUT2D eigenvalue weighted by atomic mass is 10.1. The summed E-state index contributed by atoms with van der Waals surface area (Å²) in [4.78, 5) is 17.4. The van der Waals surface area contributed by atoms with Gasteiger partial charge in [0.1, 0.15) is 11.3 Å². The first-order valence-electron chi connectivity index (χ1n) is 9.66. The number of rotatable bonds is 5. The van der Waals surface area contributed by atoms with Gasteiger partial charge in [-0.3, -0.25) is 4.79 Å². The van der Waals surface area contributed by atoms with Crippen LogP contribution in [0, 0.1) is 13.8 Å². The van der Waals surface area contributed by atoms with E-state index in [0.717, 1.165) is 32.3 Å². The molecule has 30 heavy (non-hydrogen) atoms. The van der Waals surface area contributed by atoms with E-state index < -0.39 is 0 Å². The number of hydrogen-bond donors (Lipinski definition) is 1. The molecule has 3 aromatic carbocycles. The van der Waals surface area contributed by atoms with Crippen molar-refractivity contribution in [1.82, 2.24) is 4.98 Å². The third-order valence-electron chi connectivity index (χ3n) is 4.77. The standard InChI is InChI=1S/C24H21BrN2O3/c1-4-29-21-10-8-16(12-18(21)25)23(28)26-20-13-17(7-6-15(20)3)24-27-19-9-5-14(2)11-22(19)30-24/h5-13H,4H2,1-3H3,(H,26,28). The number of benzene rings is 3. The Labute approximate surface area is 183 Å². The molecule has 0 bridgehead atoms. The molecule has 4 rings (SSSR count). The third-order valence-corrected chi connectivity index (χ3v) is 5.39. The van der Waals surface area contributed by atoms with Gasteiger partial charge in [-0.1, -0.05) is 12.1 Å². The third kappa shape index (κ3) is 4.09. The molecule has 0 aliphatic heterocycles. The molecule has 4 aromatic rings. The van der Waals surface area contributed by atoms with Crippen LogP contribution < -0.4 is 10.1 Å². The maximum atomic E-state index is 12.8. The predicted molar refractivity (Wildman–Crippen MR) is 122 cm³/mol. The lowest BCUT2D eigenvalue weighted by molar-refractivity contribution is 0.102. The summed E-state index contributed by atoms with van der Waals surface area (Å²) < 4.78 is 12.2. The number of halogens is 1. The second kappa shape index (κ2) is 8.32. The first kappa shape index (κ1) is 20.2. The van der Waals surface area contributed by atoms with Gasteiger partial charge in [-0.15, -0.1) is 0 Å². The Morgan fingerprint density at radius 3 is 2.70 bits per heavy atom. The van der Waals surface area contributed by atoms with Gasteiger partial charge in [-0.05, 0) is 90.3 Å². The van der Waals surface area contributed by atoms with Crippen molar-refractivity contribution in [2.24, 2.45) is 0 Å². The van der Waals surface area contributed by atoms with Crippen LogP contribution in [0.3, 0.4) is 0 Å². The monoisotopic (exact) mass is 464 g/mol. The van der Waals surface area contributed by atoms with E-state index in [4.69, 9.17) is 9.15 Å². The predicted octanol–water partition coefficient (Wildman–Crippen LogP) is 6.53. The fraction of sp³-hybridized carbons (Fsp3) is 0.167. The van der Waals surface area contributed by atoms with E-state index in [2.05, 4.69) is 26.2 Å². The number of aryl methyl sites for hydroxylation is 2. The van der Waals surface area contributed by atoms with Crippen molar-refractivity contribution >= 4 is 38.6 Å². The molecule has 1 N–H and O–H groups in total. The molecule has 1 heterocycles. The smallest absolute Gasteiger partial charge is 0.255 e. The molecule has 0 aliphatic carbocycles. The number of amides is 1. The van der Waals surface area contributed by atoms with E-state index >= 15 is 0 Å². The van der Waals surface area contributed by atoms with Gasteiger partial charge in [0, 0.05) is 16.8 Å². The van der Waals surface area contributed by atoms with E-state index in [1.807, 2.05) is 57.2 Å². The van der Waals surface area contributed by atoms with E-state index in [0.29, 0.717) is 29.5 Å². The summed E-state index contributed by atoms with van der Waals surface area (Å²) in [5.41, 5.74) is 5.66. The summed E-state index contributed by atoms with van der Waals surface area (Å²) >= 11 is 3.45. The number of fused-ring (bicyclic) bond motifs is 1. The van der Waals surface area contributed by atoms with Crippen LogP contribution >= 0.6 is 15.9 Å². The Morgan fingerprint density at radius 1 is 1.10 bits per heavy atom. The summed E-state index contributed by atoms with van der Waals surface area (Å²) in [5, 5.41) is 2.99. The average Bonchev–Trinajstić information content (AvgIpc) is 3.14. The van der Waals surface area contributed by atoms with Gasteiger partial charge in [-0.25, -0.2) is 4.98 Å². The number of nitrogens with zero attached hydrogens (tertiary/aromatic N) is 1. The minimum Gasteiger partial charge on any atom is -0.493 e. The van der Waals surface area contributed by atoms with Crippen LogP contribution in [-0.4, -0.2) is 17.5 Å². The van der Waals surface area contributed by atoms with Gasteiger partial charge < -0.3 is 14.5 Å². The fourth-order valence-corrected chi connectivity index (χ4v) is 3.65. The van der Waals surface area contributed by atoms with Crippen LogP contribution in [0.2, 0.25) is 0 Å². The van der Waals surface area contributed by atoms with Crippen molar-refractivity contribution < 1.29 is 13.9 Å². The Balaban J connectivity index is 1.61. The minimum atomic E-state index is -0.202. The fourth-order valence-electron chi connectivity index (χ4n) is 3.15. The van der Waals surface area contributed by atoms with Crippen LogP contribution in [0.25, 0.3) is 22.6 Å². The zero-order valence-electron chi connectivity index (χ0n) is 17.0. The lowest BCUT2D eigenvalue weighted by Crippen LogP contribution is -2.13. The SMILES string of the molecule is CCOc1ccc(C(=O)Nc2cc(-c3nc4ccc(C)cc4o3)ccc2C)cc1Br. The Bertz CT molecular complexity index is 1250. The second-order valence-corrected chi connectivity index (χ2v) is 7.91. The molecule has 0 atom stereocenters. The molecular weight excluding hydrogens is 444 g/mol. The molecule has 0 saturated carbocycles. The summed E-state index contributed by atoms with van der Waals surface area (Å²) in [6, 6.07) is 17.0. The number of ether oxygens (including phenoxy) is 1. The maximum Gasteiger partial charge on any atom is 0.255 e. The van der Waals surface area contributed by atoms with Gasteiger partial charge in [0.05, 0.1) is 11.1 Å². The summed E-state index contributed by atoms with van der Waals surface area (Å²) in [6.45, 7) is 6.44. The summed E-state index contributed by atoms with van der Waals surface area (Å²) in [5.74, 6) is 1.03. The largest absolute Gasteiger partial charge is 0.493 e. The average molecular weight is 465 g/mol. The number of hydrogen-bond acceptors (Lipinski definition) is 4. The molecule has 0 unspecified atom stereocenters. The van der Waals surface area contributed by atoms with Crippen molar-refractivity contribution in [3.05, 3.63) is 75.8 Å². The van der Waals surface area contributed by atoms with Crippen LogP contribution in [0.15, 0.2) is 63.5 Å². The molecule has 1 amide bonds. The summed E-state index contributed by atoms with van der Waals surface area (Å²) in [6.07, 6.45) is 0. The van der Waals surface area contributed by atoms with E-state index in [9.17, 15) is 4.79 Å². The normalized spacial score (nSPS) is 10.9. The Hall–Kier alpha value is -3.12. The highest BCUT2D eigenvalue weighted by molar-refractivity contribution is 9.10. The first-order chi connectivity index (χ1) is 14.4. The van der Waals surface area contributed by atoms with E-state index in [-0.39, 0.29) is 5.91 Å². The highest BCUT2D eigenvalue weighted by Crippen LogP contribution is 2.30. The number of carbonyl (C=O) groups is 1. The maximum absolute atomic E-state index is 12.8. The lowest BCUT2D eigenvalue weighted by Gasteiger charge is -2.11. The highest BCUT2D eigenvalue weighted by atomic mass is 79.9. The van der Waals surface area contributed by atoms with Crippen molar-refractivity contribution in [1.29, 1.82) is 0 Å². The van der Waals surface area contributed by atoms with Crippen molar-refractivity contribution in [3.63, 3.8) is 0 Å². The number of aromatic nitrogens is 1. The molecule has 1 aromatic heterocycles. The number of carbonyl (C=O) groups excluding carboxylic acids is 1. The molecule has 0 radical (unpaired) electrons. The first-order valence-corrected chi connectivity index (χ1v) is 10.5. The topological polar surface area (TPSA) is 64.4 Å². The number of nitrogens with one attached hydrogen (secondary N) is 1. The molecule has 152 valence electrons. The van der Waals surface area contributed by atoms with Gasteiger partial charge in [0.2, 0.25) is 5.89 Å². The van der Waals surface area contributed by atoms with Gasteiger partial charge in [0.15, 0.2) is 5.58 Å². The quantitative estimate of drug-likeness (QED) is 0.364. The Morgan fingerprint density at radius 2 is 1.93 bits per heavy atom. The molecule has 6 heteroatoms. The molecule has 0 aliphatic rings. The number of anilines is 1. The van der Waals surface area contributed by atoms with Gasteiger partial charge >= 0.3 is 0 Å². The van der Waals surface area contributed by atoms with E-state index in [1.54, 1.807) is 18.2 Å². The molecule has 0 fully saturated rings. The zero-order chi connectivity index (χ0) is 21.3. The van der Waals surface area contributed by atoms with Gasteiger partial charge in [-0.2, -0.15) is 0 Å². The second-order valence-electron chi connectivity index (χ2n) is 7.05. The van der Waals surface area contributed by atoms with Crippen molar-refractivity contribution in [3.8, 4) is 17.2 Å². The zero-order valence-corrected chi connectivity index (χ0v) is 18.5. The molecule has 5 nitrogen and oxygen atoms in total. The van der Waals surface area contributed by atoms with Crippen LogP contribution in [0.4, 0.5) is 5.69 Å². The summed E-state index contributed by atoms with van der Waals surface area (Å²) in [7, 11) is 0. The Kier molecular flexibility index (Phi) is 5.59. The van der Waals surface area contributed by atoms with Crippen LogP contribution in [0.5, 0.6) is 5.75 Å². The van der Waals surface area contributed by atoms with Crippen molar-refractivity contribution in [2.45, 2.75) is 20.8 Å². The molecular formula is C24H21BrN2O3.